The number of ether oxygens (including phenoxy) is 3. The van der Waals surface area contributed by atoms with Gasteiger partial charge in [-0.25, -0.2) is 0 Å². The minimum absolute atomic E-state index is 0.0366. The molecule has 0 aliphatic rings. The van der Waals surface area contributed by atoms with Crippen molar-refractivity contribution in [3.05, 3.63) is 65.5 Å². The fraction of sp³-hybridized carbons (Fsp3) is 0.333. The Kier molecular flexibility index (Phi) is 7.70. The Morgan fingerprint density at radius 3 is 2.21 bits per heavy atom. The largest absolute Gasteiger partial charge is 0.493 e. The second-order valence-electron chi connectivity index (χ2n) is 7.55. The van der Waals surface area contributed by atoms with Crippen LogP contribution >= 0.6 is 0 Å². The standard InChI is InChI=1S/C24H26F3N3O4/c1-29-14-17(13-28-29)15-30(19-8-6-5-7-18(19)24(25,26)27)22(31)10-9-16-11-20(32-2)23(34-4)21(12-16)33-3/h5-8,11-14H,9-10,15H2,1-4H3. The van der Waals surface area contributed by atoms with E-state index in [4.69, 9.17) is 14.2 Å². The SMILES string of the molecule is COc1cc(CCC(=O)N(Cc2cnn(C)c2)c2ccccc2C(F)(F)F)cc(OC)c1OC. The third-order valence-electron chi connectivity index (χ3n) is 5.25. The quantitative estimate of drug-likeness (QED) is 0.450. The molecule has 3 rings (SSSR count). The summed E-state index contributed by atoms with van der Waals surface area (Å²) in [6, 6.07) is 8.48. The van der Waals surface area contributed by atoms with Gasteiger partial charge < -0.3 is 19.1 Å². The summed E-state index contributed by atoms with van der Waals surface area (Å²) in [6.07, 6.45) is -1.20. The molecule has 0 radical (unpaired) electrons. The van der Waals surface area contributed by atoms with E-state index >= 15 is 0 Å². The van der Waals surface area contributed by atoms with Gasteiger partial charge in [-0.1, -0.05) is 12.1 Å². The normalized spacial score (nSPS) is 11.3. The number of amides is 1. The Balaban J connectivity index is 1.91. The molecule has 0 saturated heterocycles. The van der Waals surface area contributed by atoms with E-state index in [0.29, 0.717) is 28.4 Å². The molecule has 0 N–H and O–H groups in total. The van der Waals surface area contributed by atoms with Crippen LogP contribution in [0.2, 0.25) is 0 Å². The maximum absolute atomic E-state index is 13.7. The van der Waals surface area contributed by atoms with Gasteiger partial charge >= 0.3 is 6.18 Å². The molecule has 2 aromatic carbocycles. The summed E-state index contributed by atoms with van der Waals surface area (Å²) in [4.78, 5) is 14.4. The van der Waals surface area contributed by atoms with Crippen LogP contribution in [0.15, 0.2) is 48.8 Å². The van der Waals surface area contributed by atoms with Crippen LogP contribution in [0.4, 0.5) is 18.9 Å². The molecule has 0 spiro atoms. The Morgan fingerprint density at radius 2 is 1.68 bits per heavy atom. The number of rotatable bonds is 9. The van der Waals surface area contributed by atoms with Gasteiger partial charge in [0.15, 0.2) is 11.5 Å². The summed E-state index contributed by atoms with van der Waals surface area (Å²) in [5.74, 6) is 0.810. The fourth-order valence-electron chi connectivity index (χ4n) is 3.66. The second-order valence-corrected chi connectivity index (χ2v) is 7.55. The lowest BCUT2D eigenvalue weighted by molar-refractivity contribution is -0.137. The molecular formula is C24H26F3N3O4. The van der Waals surface area contributed by atoms with E-state index in [9.17, 15) is 18.0 Å². The van der Waals surface area contributed by atoms with Gasteiger partial charge in [-0.15, -0.1) is 0 Å². The first-order chi connectivity index (χ1) is 16.2. The molecule has 0 aliphatic heterocycles. The molecular weight excluding hydrogens is 451 g/mol. The zero-order chi connectivity index (χ0) is 24.9. The number of carbonyl (C=O) groups is 1. The number of aromatic nitrogens is 2. The van der Waals surface area contributed by atoms with Crippen LogP contribution in [0.3, 0.4) is 0 Å². The van der Waals surface area contributed by atoms with E-state index in [1.165, 1.54) is 50.4 Å². The average molecular weight is 477 g/mol. The van der Waals surface area contributed by atoms with Gasteiger partial charge in [-0.05, 0) is 36.2 Å². The number of methoxy groups -OCH3 is 3. The predicted molar refractivity (Wildman–Crippen MR) is 120 cm³/mol. The third kappa shape index (κ3) is 5.62. The first-order valence-electron chi connectivity index (χ1n) is 10.4. The number of halogens is 3. The summed E-state index contributed by atoms with van der Waals surface area (Å²) >= 11 is 0. The van der Waals surface area contributed by atoms with Crippen molar-refractivity contribution in [3.8, 4) is 17.2 Å². The predicted octanol–water partition coefficient (Wildman–Crippen LogP) is 4.63. The van der Waals surface area contributed by atoms with Gasteiger partial charge in [0.1, 0.15) is 0 Å². The number of anilines is 1. The van der Waals surface area contributed by atoms with Crippen molar-refractivity contribution in [2.24, 2.45) is 7.05 Å². The van der Waals surface area contributed by atoms with Crippen molar-refractivity contribution < 1.29 is 32.2 Å². The number of aryl methyl sites for hydroxylation is 2. The van der Waals surface area contributed by atoms with Gasteiger partial charge in [-0.3, -0.25) is 9.48 Å². The summed E-state index contributed by atoms with van der Waals surface area (Å²) in [7, 11) is 6.15. The van der Waals surface area contributed by atoms with E-state index in [1.807, 2.05) is 0 Å². The summed E-state index contributed by atoms with van der Waals surface area (Å²) in [6.45, 7) is -0.0466. The number of nitrogens with zero attached hydrogens (tertiary/aromatic N) is 3. The zero-order valence-electron chi connectivity index (χ0n) is 19.3. The molecule has 1 amide bonds. The molecule has 1 aromatic heterocycles. The second kappa shape index (κ2) is 10.5. The third-order valence-corrected chi connectivity index (χ3v) is 5.25. The molecule has 0 saturated carbocycles. The number of hydrogen-bond donors (Lipinski definition) is 0. The molecule has 7 nitrogen and oxygen atoms in total. The molecule has 10 heteroatoms. The number of alkyl halides is 3. The molecule has 3 aromatic rings. The lowest BCUT2D eigenvalue weighted by Crippen LogP contribution is -2.32. The lowest BCUT2D eigenvalue weighted by Gasteiger charge is -2.26. The Hall–Kier alpha value is -3.69. The van der Waals surface area contributed by atoms with Crippen LogP contribution in [-0.2, 0) is 31.0 Å². The maximum atomic E-state index is 13.7. The number of para-hydroxylation sites is 1. The van der Waals surface area contributed by atoms with Crippen LogP contribution in [0.1, 0.15) is 23.1 Å². The Morgan fingerprint density at radius 1 is 1.03 bits per heavy atom. The molecule has 1 heterocycles. The van der Waals surface area contributed by atoms with Gasteiger partial charge in [-0.2, -0.15) is 18.3 Å². The van der Waals surface area contributed by atoms with Crippen LogP contribution in [0.5, 0.6) is 17.2 Å². The molecule has 0 unspecified atom stereocenters. The van der Waals surface area contributed by atoms with Gasteiger partial charge in [0.25, 0.3) is 0 Å². The van der Waals surface area contributed by atoms with Crippen LogP contribution in [0, 0.1) is 0 Å². The smallest absolute Gasteiger partial charge is 0.418 e. The zero-order valence-corrected chi connectivity index (χ0v) is 19.3. The highest BCUT2D eigenvalue weighted by Gasteiger charge is 2.35. The minimum Gasteiger partial charge on any atom is -0.493 e. The highest BCUT2D eigenvalue weighted by molar-refractivity contribution is 5.94. The summed E-state index contributed by atoms with van der Waals surface area (Å²) < 4.78 is 58.7. The monoisotopic (exact) mass is 477 g/mol. The van der Waals surface area contributed by atoms with E-state index in [1.54, 1.807) is 25.4 Å². The molecule has 0 aliphatic carbocycles. The van der Waals surface area contributed by atoms with Crippen molar-refractivity contribution in [2.45, 2.75) is 25.6 Å². The first kappa shape index (κ1) is 24.9. The maximum Gasteiger partial charge on any atom is 0.418 e. The average Bonchev–Trinajstić information content (AvgIpc) is 3.24. The van der Waals surface area contributed by atoms with Crippen molar-refractivity contribution in [3.63, 3.8) is 0 Å². The van der Waals surface area contributed by atoms with Gasteiger partial charge in [0, 0.05) is 25.2 Å². The van der Waals surface area contributed by atoms with E-state index < -0.39 is 17.6 Å². The van der Waals surface area contributed by atoms with E-state index in [2.05, 4.69) is 5.10 Å². The lowest BCUT2D eigenvalue weighted by atomic mass is 10.1. The highest BCUT2D eigenvalue weighted by atomic mass is 19.4. The van der Waals surface area contributed by atoms with Crippen molar-refractivity contribution in [1.82, 2.24) is 9.78 Å². The van der Waals surface area contributed by atoms with Crippen LogP contribution in [-0.4, -0.2) is 37.0 Å². The van der Waals surface area contributed by atoms with Crippen LogP contribution in [0.25, 0.3) is 0 Å². The van der Waals surface area contributed by atoms with Gasteiger partial charge in [0.05, 0.1) is 45.3 Å². The molecule has 182 valence electrons. The summed E-state index contributed by atoms with van der Waals surface area (Å²) in [5, 5.41) is 4.06. The number of hydrogen-bond acceptors (Lipinski definition) is 5. The van der Waals surface area contributed by atoms with Crippen molar-refractivity contribution in [2.75, 3.05) is 26.2 Å². The minimum atomic E-state index is -4.61. The molecule has 0 bridgehead atoms. The van der Waals surface area contributed by atoms with Crippen LogP contribution < -0.4 is 19.1 Å². The number of carbonyl (C=O) groups excluding carboxylic acids is 1. The van der Waals surface area contributed by atoms with E-state index in [0.717, 1.165) is 11.0 Å². The fourth-order valence-corrected chi connectivity index (χ4v) is 3.66. The molecule has 0 atom stereocenters. The van der Waals surface area contributed by atoms with E-state index in [-0.39, 0.29) is 25.1 Å². The number of benzene rings is 2. The summed E-state index contributed by atoms with van der Waals surface area (Å²) in [5.41, 5.74) is 0.252. The van der Waals surface area contributed by atoms with Crippen molar-refractivity contribution in [1.29, 1.82) is 0 Å². The van der Waals surface area contributed by atoms with Gasteiger partial charge in [0.2, 0.25) is 11.7 Å². The molecule has 0 fully saturated rings. The highest BCUT2D eigenvalue weighted by Crippen LogP contribution is 2.39. The van der Waals surface area contributed by atoms with Crippen molar-refractivity contribution >= 4 is 11.6 Å². The topological polar surface area (TPSA) is 65.8 Å². The molecule has 34 heavy (non-hydrogen) atoms. The first-order valence-corrected chi connectivity index (χ1v) is 10.4. The Labute approximate surface area is 195 Å². The Bertz CT molecular complexity index is 1120.